The summed E-state index contributed by atoms with van der Waals surface area (Å²) >= 11 is 1.31. The van der Waals surface area contributed by atoms with Gasteiger partial charge >= 0.3 is 5.69 Å². The quantitative estimate of drug-likeness (QED) is 0.795. The van der Waals surface area contributed by atoms with Gasteiger partial charge in [-0.2, -0.15) is 0 Å². The van der Waals surface area contributed by atoms with Crippen LogP contribution in [0.25, 0.3) is 0 Å². The second-order valence-electron chi connectivity index (χ2n) is 5.38. The third-order valence-corrected chi connectivity index (χ3v) is 4.61. The first-order valence-corrected chi connectivity index (χ1v) is 8.18. The Kier molecular flexibility index (Phi) is 4.33. The first-order chi connectivity index (χ1) is 10.6. The lowest BCUT2D eigenvalue weighted by Gasteiger charge is -2.12. The zero-order valence-corrected chi connectivity index (χ0v) is 13.1. The Morgan fingerprint density at radius 3 is 2.86 bits per heavy atom. The molecule has 22 heavy (non-hydrogen) atoms. The van der Waals surface area contributed by atoms with Crippen LogP contribution in [0.5, 0.6) is 0 Å². The fourth-order valence-corrected chi connectivity index (χ4v) is 3.12. The molecule has 0 bridgehead atoms. The van der Waals surface area contributed by atoms with Gasteiger partial charge in [-0.15, -0.1) is 5.10 Å². The first-order valence-electron chi connectivity index (χ1n) is 7.30. The van der Waals surface area contributed by atoms with Crippen molar-refractivity contribution in [2.75, 3.05) is 0 Å². The number of carbonyl (C=O) groups excluding carboxylic acids is 1. The van der Waals surface area contributed by atoms with Crippen LogP contribution in [0, 0.1) is 0 Å². The SMILES string of the molecule is C[C@@H](Sc1n[nH]c(=O)n1C1CC1)C(=O)NCc1ccccc1. The van der Waals surface area contributed by atoms with E-state index in [0.717, 1.165) is 18.4 Å². The number of hydrogen-bond acceptors (Lipinski definition) is 4. The highest BCUT2D eigenvalue weighted by atomic mass is 32.2. The average molecular weight is 318 g/mol. The lowest BCUT2D eigenvalue weighted by atomic mass is 10.2. The molecule has 1 aliphatic rings. The topological polar surface area (TPSA) is 79.8 Å². The van der Waals surface area contributed by atoms with Gasteiger partial charge in [0.05, 0.1) is 5.25 Å². The molecule has 1 aliphatic carbocycles. The predicted octanol–water partition coefficient (Wildman–Crippen LogP) is 1.70. The number of nitrogens with zero attached hydrogens (tertiary/aromatic N) is 2. The molecule has 6 nitrogen and oxygen atoms in total. The molecule has 0 spiro atoms. The molecule has 7 heteroatoms. The Hall–Kier alpha value is -2.02. The standard InChI is InChI=1S/C15H18N4O2S/c1-10(13(20)16-9-11-5-3-2-4-6-11)22-15-18-17-14(21)19(15)12-7-8-12/h2-6,10,12H,7-9H2,1H3,(H,16,20)(H,17,21)/t10-/m1/s1. The van der Waals surface area contributed by atoms with Crippen LogP contribution in [-0.2, 0) is 11.3 Å². The van der Waals surface area contributed by atoms with Crippen molar-refractivity contribution in [2.45, 2.75) is 42.8 Å². The summed E-state index contributed by atoms with van der Waals surface area (Å²) in [6, 6.07) is 10.0. The fourth-order valence-electron chi connectivity index (χ4n) is 2.17. The van der Waals surface area contributed by atoms with Gasteiger partial charge in [0, 0.05) is 12.6 Å². The largest absolute Gasteiger partial charge is 0.351 e. The maximum absolute atomic E-state index is 12.2. The maximum Gasteiger partial charge on any atom is 0.344 e. The van der Waals surface area contributed by atoms with Crippen LogP contribution in [0.2, 0.25) is 0 Å². The van der Waals surface area contributed by atoms with Gasteiger partial charge in [-0.1, -0.05) is 42.1 Å². The van der Waals surface area contributed by atoms with Crippen LogP contribution in [-0.4, -0.2) is 25.9 Å². The number of amides is 1. The van der Waals surface area contributed by atoms with Gasteiger partial charge < -0.3 is 5.32 Å². The monoisotopic (exact) mass is 318 g/mol. The molecule has 116 valence electrons. The van der Waals surface area contributed by atoms with Gasteiger partial charge in [-0.25, -0.2) is 9.89 Å². The van der Waals surface area contributed by atoms with E-state index in [0.29, 0.717) is 11.7 Å². The summed E-state index contributed by atoms with van der Waals surface area (Å²) in [5, 5.41) is 9.68. The van der Waals surface area contributed by atoms with E-state index in [2.05, 4.69) is 15.5 Å². The van der Waals surface area contributed by atoms with E-state index >= 15 is 0 Å². The Bertz CT molecular complexity index is 706. The third kappa shape index (κ3) is 3.41. The van der Waals surface area contributed by atoms with E-state index in [-0.39, 0.29) is 22.9 Å². The van der Waals surface area contributed by atoms with Crippen molar-refractivity contribution in [1.82, 2.24) is 20.1 Å². The van der Waals surface area contributed by atoms with Crippen LogP contribution < -0.4 is 11.0 Å². The molecule has 1 saturated carbocycles. The minimum atomic E-state index is -0.309. The van der Waals surface area contributed by atoms with Crippen molar-refractivity contribution >= 4 is 17.7 Å². The summed E-state index contributed by atoms with van der Waals surface area (Å²) < 4.78 is 1.66. The molecule has 0 saturated heterocycles. The normalized spacial score (nSPS) is 15.5. The van der Waals surface area contributed by atoms with Gasteiger partial charge in [0.2, 0.25) is 5.91 Å². The minimum Gasteiger partial charge on any atom is -0.351 e. The second-order valence-corrected chi connectivity index (χ2v) is 6.68. The summed E-state index contributed by atoms with van der Waals surface area (Å²) in [5.41, 5.74) is 0.865. The molecule has 1 aromatic carbocycles. The van der Waals surface area contributed by atoms with Crippen molar-refractivity contribution in [2.24, 2.45) is 0 Å². The average Bonchev–Trinajstić information content (AvgIpc) is 3.30. The van der Waals surface area contributed by atoms with Crippen LogP contribution in [0.1, 0.15) is 31.4 Å². The third-order valence-electron chi connectivity index (χ3n) is 3.55. The van der Waals surface area contributed by atoms with Gasteiger partial charge in [-0.3, -0.25) is 9.36 Å². The van der Waals surface area contributed by atoms with Crippen LogP contribution in [0.4, 0.5) is 0 Å². The molecular formula is C15H18N4O2S. The second kappa shape index (κ2) is 6.39. The molecule has 0 aliphatic heterocycles. The molecule has 1 fully saturated rings. The van der Waals surface area contributed by atoms with Crippen molar-refractivity contribution in [3.63, 3.8) is 0 Å². The fraction of sp³-hybridized carbons (Fsp3) is 0.400. The van der Waals surface area contributed by atoms with E-state index in [1.54, 1.807) is 4.57 Å². The zero-order chi connectivity index (χ0) is 15.5. The van der Waals surface area contributed by atoms with Crippen LogP contribution >= 0.6 is 11.8 Å². The molecule has 2 N–H and O–H groups in total. The lowest BCUT2D eigenvalue weighted by Crippen LogP contribution is -2.30. The number of hydrogen-bond donors (Lipinski definition) is 2. The molecule has 0 radical (unpaired) electrons. The maximum atomic E-state index is 12.2. The molecule has 0 unspecified atom stereocenters. The number of H-pyrrole nitrogens is 1. The van der Waals surface area contributed by atoms with E-state index < -0.39 is 0 Å². The van der Waals surface area contributed by atoms with E-state index in [9.17, 15) is 9.59 Å². The molecule has 2 aromatic rings. The van der Waals surface area contributed by atoms with Crippen molar-refractivity contribution in [3.05, 3.63) is 46.4 Å². The summed E-state index contributed by atoms with van der Waals surface area (Å²) in [6.45, 7) is 2.32. The van der Waals surface area contributed by atoms with Gasteiger partial charge in [-0.05, 0) is 25.3 Å². The Labute approximate surface area is 132 Å². The molecule has 1 amide bonds. The van der Waals surface area contributed by atoms with Gasteiger partial charge in [0.1, 0.15) is 0 Å². The van der Waals surface area contributed by atoms with Crippen LogP contribution in [0.15, 0.2) is 40.3 Å². The summed E-state index contributed by atoms with van der Waals surface area (Å²) in [4.78, 5) is 23.9. The summed E-state index contributed by atoms with van der Waals surface area (Å²) in [5.74, 6) is -0.0633. The van der Waals surface area contributed by atoms with E-state index in [1.807, 2.05) is 37.3 Å². The Morgan fingerprint density at radius 1 is 1.45 bits per heavy atom. The lowest BCUT2D eigenvalue weighted by molar-refractivity contribution is -0.120. The number of rotatable bonds is 6. The van der Waals surface area contributed by atoms with Crippen molar-refractivity contribution in [1.29, 1.82) is 0 Å². The van der Waals surface area contributed by atoms with E-state index in [1.165, 1.54) is 11.8 Å². The van der Waals surface area contributed by atoms with Crippen LogP contribution in [0.3, 0.4) is 0 Å². The summed E-state index contributed by atoms with van der Waals surface area (Å²) in [7, 11) is 0. The van der Waals surface area contributed by atoms with Crippen molar-refractivity contribution in [3.8, 4) is 0 Å². The Balaban J connectivity index is 1.58. The number of carbonyl (C=O) groups is 1. The van der Waals surface area contributed by atoms with Gasteiger partial charge in [0.15, 0.2) is 5.16 Å². The minimum absolute atomic E-state index is 0.0633. The highest BCUT2D eigenvalue weighted by Gasteiger charge is 2.30. The molecule has 1 aromatic heterocycles. The molecule has 3 rings (SSSR count). The smallest absolute Gasteiger partial charge is 0.344 e. The molecular weight excluding hydrogens is 300 g/mol. The highest BCUT2D eigenvalue weighted by Crippen LogP contribution is 2.36. The predicted molar refractivity (Wildman–Crippen MR) is 84.7 cm³/mol. The Morgan fingerprint density at radius 2 is 2.18 bits per heavy atom. The number of aromatic amines is 1. The number of benzene rings is 1. The highest BCUT2D eigenvalue weighted by molar-refractivity contribution is 8.00. The number of aromatic nitrogens is 3. The van der Waals surface area contributed by atoms with Crippen molar-refractivity contribution < 1.29 is 4.79 Å². The van der Waals surface area contributed by atoms with Gasteiger partial charge in [0.25, 0.3) is 0 Å². The zero-order valence-electron chi connectivity index (χ0n) is 12.3. The summed E-state index contributed by atoms with van der Waals surface area (Å²) in [6.07, 6.45) is 2.00. The molecule has 1 heterocycles. The number of nitrogens with one attached hydrogen (secondary N) is 2. The number of thioether (sulfide) groups is 1. The molecule has 1 atom stereocenters. The van der Waals surface area contributed by atoms with E-state index in [4.69, 9.17) is 0 Å². The first kappa shape index (κ1) is 14.9.